The number of anilines is 1. The van der Waals surface area contributed by atoms with Crippen LogP contribution in [0, 0.1) is 11.6 Å². The van der Waals surface area contributed by atoms with E-state index in [0.717, 1.165) is 0 Å². The number of guanidine groups is 1. The first kappa shape index (κ1) is 20.9. The Hall–Kier alpha value is -2.10. The lowest BCUT2D eigenvalue weighted by Gasteiger charge is -2.12. The molecule has 2 aromatic carbocycles. The van der Waals surface area contributed by atoms with Gasteiger partial charge in [0.2, 0.25) is 0 Å². The molecule has 2 rings (SSSR count). The van der Waals surface area contributed by atoms with Crippen molar-refractivity contribution in [2.75, 3.05) is 26.1 Å². The standard InChI is InChI=1S/C17H19F2N3O2.HI/c1-23-11-6-7-16(24-2)15(10-11)22-17(20)21-9-8-12-13(18)4-3-5-14(12)19;/h3-7,10H,8-9H2,1-2H3,(H3,20,21,22);1H. The molecule has 0 atom stereocenters. The summed E-state index contributed by atoms with van der Waals surface area (Å²) in [5.41, 5.74) is 6.39. The number of nitrogens with one attached hydrogen (secondary N) is 1. The molecule has 0 radical (unpaired) electrons. The SMILES string of the molecule is COc1ccc(OC)c(NC(N)=NCCc2c(F)cccc2F)c1.I. The van der Waals surface area contributed by atoms with Gasteiger partial charge >= 0.3 is 0 Å². The molecule has 0 saturated carbocycles. The average molecular weight is 463 g/mol. The van der Waals surface area contributed by atoms with Crippen molar-refractivity contribution >= 4 is 35.6 Å². The normalized spacial score (nSPS) is 10.8. The molecule has 0 aliphatic carbocycles. The highest BCUT2D eigenvalue weighted by molar-refractivity contribution is 14.0. The second-order valence-electron chi connectivity index (χ2n) is 4.91. The lowest BCUT2D eigenvalue weighted by Crippen LogP contribution is -2.23. The number of hydrogen-bond donors (Lipinski definition) is 2. The van der Waals surface area contributed by atoms with Crippen LogP contribution < -0.4 is 20.5 Å². The van der Waals surface area contributed by atoms with E-state index in [4.69, 9.17) is 15.2 Å². The van der Waals surface area contributed by atoms with Gasteiger partial charge in [-0.2, -0.15) is 0 Å². The number of aliphatic imine (C=N–C) groups is 1. The van der Waals surface area contributed by atoms with Gasteiger partial charge in [-0.25, -0.2) is 8.78 Å². The third-order valence-corrected chi connectivity index (χ3v) is 3.38. The van der Waals surface area contributed by atoms with Crippen LogP contribution in [0.3, 0.4) is 0 Å². The Kier molecular flexibility index (Phi) is 8.39. The van der Waals surface area contributed by atoms with Crippen LogP contribution in [0.5, 0.6) is 11.5 Å². The highest BCUT2D eigenvalue weighted by Gasteiger charge is 2.08. The van der Waals surface area contributed by atoms with Gasteiger partial charge in [-0.15, -0.1) is 24.0 Å². The Bertz CT molecular complexity index is 722. The summed E-state index contributed by atoms with van der Waals surface area (Å²) >= 11 is 0. The molecule has 8 heteroatoms. The van der Waals surface area contributed by atoms with Crippen LogP contribution in [0.1, 0.15) is 5.56 Å². The minimum atomic E-state index is -0.591. The van der Waals surface area contributed by atoms with Crippen LogP contribution in [-0.2, 0) is 6.42 Å². The Morgan fingerprint density at radius 1 is 1.12 bits per heavy atom. The first-order valence-electron chi connectivity index (χ1n) is 7.27. The summed E-state index contributed by atoms with van der Waals surface area (Å²) in [5.74, 6) is 0.115. The maximum Gasteiger partial charge on any atom is 0.193 e. The molecule has 0 aromatic heterocycles. The van der Waals surface area contributed by atoms with Gasteiger partial charge < -0.3 is 20.5 Å². The van der Waals surface area contributed by atoms with Crippen molar-refractivity contribution in [2.45, 2.75) is 6.42 Å². The summed E-state index contributed by atoms with van der Waals surface area (Å²) in [6, 6.07) is 8.93. The van der Waals surface area contributed by atoms with Crippen LogP contribution in [0.2, 0.25) is 0 Å². The molecule has 3 N–H and O–H groups in total. The Balaban J connectivity index is 0.00000312. The molecule has 0 bridgehead atoms. The third-order valence-electron chi connectivity index (χ3n) is 3.38. The fourth-order valence-electron chi connectivity index (χ4n) is 2.15. The quantitative estimate of drug-likeness (QED) is 0.391. The Morgan fingerprint density at radius 2 is 1.80 bits per heavy atom. The number of nitrogens with two attached hydrogens (primary N) is 1. The van der Waals surface area contributed by atoms with E-state index in [1.165, 1.54) is 25.3 Å². The second-order valence-corrected chi connectivity index (χ2v) is 4.91. The topological polar surface area (TPSA) is 68.9 Å². The summed E-state index contributed by atoms with van der Waals surface area (Å²) in [5, 5.41) is 2.89. The molecule has 5 nitrogen and oxygen atoms in total. The molecule has 25 heavy (non-hydrogen) atoms. The Morgan fingerprint density at radius 3 is 2.40 bits per heavy atom. The van der Waals surface area contributed by atoms with E-state index >= 15 is 0 Å². The summed E-state index contributed by atoms with van der Waals surface area (Å²) in [6.45, 7) is 0.142. The van der Waals surface area contributed by atoms with Gasteiger partial charge in [-0.05, 0) is 30.7 Å². The van der Waals surface area contributed by atoms with Crippen LogP contribution in [0.4, 0.5) is 14.5 Å². The van der Waals surface area contributed by atoms with E-state index in [9.17, 15) is 8.78 Å². The predicted molar refractivity (Wildman–Crippen MR) is 105 cm³/mol. The molecule has 0 heterocycles. The number of methoxy groups -OCH3 is 2. The summed E-state index contributed by atoms with van der Waals surface area (Å²) in [4.78, 5) is 4.08. The number of ether oxygens (including phenoxy) is 2. The highest BCUT2D eigenvalue weighted by atomic mass is 127. The summed E-state index contributed by atoms with van der Waals surface area (Å²) < 4.78 is 37.4. The van der Waals surface area contributed by atoms with E-state index in [-0.39, 0.29) is 48.5 Å². The monoisotopic (exact) mass is 463 g/mol. The van der Waals surface area contributed by atoms with E-state index < -0.39 is 11.6 Å². The van der Waals surface area contributed by atoms with E-state index in [2.05, 4.69) is 10.3 Å². The first-order valence-corrected chi connectivity index (χ1v) is 7.27. The van der Waals surface area contributed by atoms with Gasteiger partial charge in [0.15, 0.2) is 5.96 Å². The zero-order valence-electron chi connectivity index (χ0n) is 13.9. The molecule has 0 spiro atoms. The molecule has 0 aliphatic heterocycles. The molecule has 0 amide bonds. The van der Waals surface area contributed by atoms with Crippen molar-refractivity contribution < 1.29 is 18.3 Å². The van der Waals surface area contributed by atoms with Gasteiger partial charge in [-0.3, -0.25) is 4.99 Å². The fourth-order valence-corrected chi connectivity index (χ4v) is 2.15. The van der Waals surface area contributed by atoms with Crippen LogP contribution in [-0.4, -0.2) is 26.7 Å². The first-order chi connectivity index (χ1) is 11.5. The number of rotatable bonds is 6. The van der Waals surface area contributed by atoms with Gasteiger partial charge in [0, 0.05) is 18.2 Å². The van der Waals surface area contributed by atoms with Gasteiger partial charge in [0.25, 0.3) is 0 Å². The molecule has 0 unspecified atom stereocenters. The zero-order valence-corrected chi connectivity index (χ0v) is 16.2. The van der Waals surface area contributed by atoms with Crippen molar-refractivity contribution in [3.8, 4) is 11.5 Å². The van der Waals surface area contributed by atoms with E-state index in [1.807, 2.05) is 0 Å². The molecular formula is C17H20F2IN3O2. The molecule has 136 valence electrons. The van der Waals surface area contributed by atoms with Gasteiger partial charge in [0.1, 0.15) is 23.1 Å². The van der Waals surface area contributed by atoms with E-state index in [0.29, 0.717) is 17.2 Å². The summed E-state index contributed by atoms with van der Waals surface area (Å²) in [6.07, 6.45) is 0.107. The van der Waals surface area contributed by atoms with Crippen molar-refractivity contribution in [2.24, 2.45) is 10.7 Å². The van der Waals surface area contributed by atoms with Gasteiger partial charge in [-0.1, -0.05) is 6.07 Å². The molecular weight excluding hydrogens is 443 g/mol. The molecule has 0 aliphatic rings. The van der Waals surface area contributed by atoms with Crippen molar-refractivity contribution in [1.82, 2.24) is 0 Å². The Labute approximate surface area is 162 Å². The predicted octanol–water partition coefficient (Wildman–Crippen LogP) is 3.57. The third kappa shape index (κ3) is 5.73. The van der Waals surface area contributed by atoms with Crippen molar-refractivity contribution in [3.05, 3.63) is 53.6 Å². The number of benzene rings is 2. The maximum atomic E-state index is 13.5. The van der Waals surface area contributed by atoms with Crippen LogP contribution >= 0.6 is 24.0 Å². The molecule has 0 fully saturated rings. The molecule has 2 aromatic rings. The van der Waals surface area contributed by atoms with Crippen molar-refractivity contribution in [3.63, 3.8) is 0 Å². The lowest BCUT2D eigenvalue weighted by atomic mass is 10.1. The summed E-state index contributed by atoms with van der Waals surface area (Å²) in [7, 11) is 3.08. The minimum Gasteiger partial charge on any atom is -0.497 e. The highest BCUT2D eigenvalue weighted by Crippen LogP contribution is 2.28. The van der Waals surface area contributed by atoms with Crippen molar-refractivity contribution in [1.29, 1.82) is 0 Å². The average Bonchev–Trinajstić information content (AvgIpc) is 2.57. The number of hydrogen-bond acceptors (Lipinski definition) is 3. The second kappa shape index (κ2) is 10.0. The fraction of sp³-hybridized carbons (Fsp3) is 0.235. The van der Waals surface area contributed by atoms with E-state index in [1.54, 1.807) is 25.3 Å². The molecule has 0 saturated heterocycles. The van der Waals surface area contributed by atoms with Crippen LogP contribution in [0.15, 0.2) is 41.4 Å². The van der Waals surface area contributed by atoms with Gasteiger partial charge in [0.05, 0.1) is 19.9 Å². The maximum absolute atomic E-state index is 13.5. The van der Waals surface area contributed by atoms with Crippen LogP contribution in [0.25, 0.3) is 0 Å². The smallest absolute Gasteiger partial charge is 0.193 e. The lowest BCUT2D eigenvalue weighted by molar-refractivity contribution is 0.405. The number of halogens is 3. The zero-order chi connectivity index (χ0) is 17.5. The largest absolute Gasteiger partial charge is 0.497 e. The number of nitrogens with zero attached hydrogens (tertiary/aromatic N) is 1. The minimum absolute atomic E-state index is 0.